The van der Waals surface area contributed by atoms with Crippen LogP contribution in [0.4, 0.5) is 0 Å². The molecule has 0 aromatic heterocycles. The molecule has 1 aliphatic rings. The summed E-state index contributed by atoms with van der Waals surface area (Å²) in [5, 5.41) is 18.3. The van der Waals surface area contributed by atoms with Gasteiger partial charge in [-0.25, -0.2) is 0 Å². The second-order valence-corrected chi connectivity index (χ2v) is 7.82. The number of unbranched alkanes of at least 4 members (excludes halogenated alkanes) is 2. The number of carboxylic acids is 1. The molecule has 33 heavy (non-hydrogen) atoms. The van der Waals surface area contributed by atoms with Crippen LogP contribution in [-0.4, -0.2) is 51.8 Å². The predicted molar refractivity (Wildman–Crippen MR) is 121 cm³/mol. The van der Waals surface area contributed by atoms with Crippen molar-refractivity contribution < 1.29 is 29.4 Å². The molecular formula is C26H25NO6. The van der Waals surface area contributed by atoms with Crippen LogP contribution < -0.4 is 0 Å². The lowest BCUT2D eigenvalue weighted by atomic mass is 9.95. The molecule has 7 heteroatoms. The number of nitrogens with zero attached hydrogens (tertiary/aromatic N) is 1. The number of carbonyl (C=O) groups is 4. The van der Waals surface area contributed by atoms with Crippen molar-refractivity contribution in [2.24, 2.45) is 5.92 Å². The summed E-state index contributed by atoms with van der Waals surface area (Å²) in [5.74, 6) is 2.61. The molecule has 2 aromatic rings. The highest BCUT2D eigenvalue weighted by Crippen LogP contribution is 2.24. The highest BCUT2D eigenvalue weighted by atomic mass is 16.4. The van der Waals surface area contributed by atoms with Gasteiger partial charge in [-0.1, -0.05) is 36.1 Å². The number of rotatable bonds is 10. The van der Waals surface area contributed by atoms with Crippen molar-refractivity contribution >= 4 is 23.6 Å². The summed E-state index contributed by atoms with van der Waals surface area (Å²) in [6.07, 6.45) is 1.96. The normalized spacial score (nSPS) is 13.3. The number of aliphatic hydroxyl groups excluding tert-OH is 1. The zero-order valence-electron chi connectivity index (χ0n) is 18.1. The third-order valence-electron chi connectivity index (χ3n) is 5.51. The van der Waals surface area contributed by atoms with Crippen molar-refractivity contribution in [1.82, 2.24) is 4.90 Å². The van der Waals surface area contributed by atoms with Crippen LogP contribution in [0.25, 0.3) is 0 Å². The quantitative estimate of drug-likeness (QED) is 0.250. The fraction of sp³-hybridized carbons (Fsp3) is 0.308. The maximum atomic E-state index is 12.6. The Labute approximate surface area is 192 Å². The summed E-state index contributed by atoms with van der Waals surface area (Å²) < 4.78 is 0. The Bertz CT molecular complexity index is 1070. The van der Waals surface area contributed by atoms with Gasteiger partial charge in [0.2, 0.25) is 0 Å². The van der Waals surface area contributed by atoms with Gasteiger partial charge >= 0.3 is 5.97 Å². The Kier molecular flexibility index (Phi) is 8.11. The van der Waals surface area contributed by atoms with E-state index in [9.17, 15) is 24.3 Å². The molecule has 0 spiro atoms. The molecule has 1 heterocycles. The number of hydrogen-bond donors (Lipinski definition) is 2. The van der Waals surface area contributed by atoms with Gasteiger partial charge in [-0.05, 0) is 43.5 Å². The third-order valence-corrected chi connectivity index (χ3v) is 5.51. The first-order chi connectivity index (χ1) is 15.9. The van der Waals surface area contributed by atoms with Gasteiger partial charge < -0.3 is 10.2 Å². The molecule has 0 radical (unpaired) electrons. The maximum absolute atomic E-state index is 12.6. The van der Waals surface area contributed by atoms with Crippen molar-refractivity contribution in [3.8, 4) is 11.8 Å². The Morgan fingerprint density at radius 3 is 2.15 bits per heavy atom. The number of ketones is 1. The molecule has 170 valence electrons. The number of carbonyl (C=O) groups excluding carboxylic acids is 3. The number of hydrogen-bond acceptors (Lipinski definition) is 5. The number of benzene rings is 2. The molecule has 0 aliphatic carbocycles. The first kappa shape index (κ1) is 23.9. The van der Waals surface area contributed by atoms with Gasteiger partial charge in [0.05, 0.1) is 17.0 Å². The number of imide groups is 1. The van der Waals surface area contributed by atoms with E-state index in [1.54, 1.807) is 48.5 Å². The second kappa shape index (κ2) is 11.2. The van der Waals surface area contributed by atoms with E-state index in [-0.39, 0.29) is 31.8 Å². The van der Waals surface area contributed by atoms with E-state index in [2.05, 4.69) is 11.8 Å². The molecular weight excluding hydrogens is 422 g/mol. The van der Waals surface area contributed by atoms with Gasteiger partial charge in [-0.3, -0.25) is 24.1 Å². The van der Waals surface area contributed by atoms with E-state index in [4.69, 9.17) is 5.11 Å². The van der Waals surface area contributed by atoms with E-state index < -0.39 is 23.7 Å². The molecule has 7 nitrogen and oxygen atoms in total. The number of aliphatic hydroxyl groups is 1. The fourth-order valence-corrected chi connectivity index (χ4v) is 3.61. The Morgan fingerprint density at radius 2 is 1.58 bits per heavy atom. The molecule has 0 bridgehead atoms. The van der Waals surface area contributed by atoms with E-state index in [1.165, 1.54) is 0 Å². The van der Waals surface area contributed by atoms with Crippen molar-refractivity contribution in [3.63, 3.8) is 0 Å². The average Bonchev–Trinajstić information content (AvgIpc) is 3.06. The summed E-state index contributed by atoms with van der Waals surface area (Å²) in [4.78, 5) is 50.3. The maximum Gasteiger partial charge on any atom is 0.307 e. The van der Waals surface area contributed by atoms with Crippen LogP contribution in [0.2, 0.25) is 0 Å². The van der Waals surface area contributed by atoms with E-state index in [0.717, 1.165) is 16.9 Å². The van der Waals surface area contributed by atoms with Gasteiger partial charge in [0.1, 0.15) is 0 Å². The molecule has 2 amide bonds. The molecule has 0 saturated carbocycles. The topological polar surface area (TPSA) is 112 Å². The summed E-state index contributed by atoms with van der Waals surface area (Å²) in [6.45, 7) is 0.0789. The van der Waals surface area contributed by atoms with Crippen LogP contribution >= 0.6 is 0 Å². The van der Waals surface area contributed by atoms with Crippen LogP contribution in [0.15, 0.2) is 48.5 Å². The van der Waals surface area contributed by atoms with Gasteiger partial charge in [0.25, 0.3) is 11.8 Å². The van der Waals surface area contributed by atoms with Gasteiger partial charge in [-0.15, -0.1) is 0 Å². The van der Waals surface area contributed by atoms with Crippen molar-refractivity contribution in [1.29, 1.82) is 0 Å². The highest BCUT2D eigenvalue weighted by Gasteiger charge is 2.35. The van der Waals surface area contributed by atoms with Crippen molar-refractivity contribution in [2.45, 2.75) is 32.1 Å². The van der Waals surface area contributed by atoms with Gasteiger partial charge in [-0.2, -0.15) is 0 Å². The smallest absolute Gasteiger partial charge is 0.307 e. The number of fused-ring (bicyclic) bond motifs is 1. The first-order valence-corrected chi connectivity index (χ1v) is 10.8. The summed E-state index contributed by atoms with van der Waals surface area (Å²) in [6, 6.07) is 13.1. The predicted octanol–water partition coefficient (Wildman–Crippen LogP) is 3.16. The largest absolute Gasteiger partial charge is 0.481 e. The van der Waals surface area contributed by atoms with Crippen LogP contribution in [0, 0.1) is 17.8 Å². The van der Waals surface area contributed by atoms with Gasteiger partial charge in [0, 0.05) is 37.1 Å². The minimum atomic E-state index is -1.15. The zero-order chi connectivity index (χ0) is 23.8. The average molecular weight is 447 g/mol. The van der Waals surface area contributed by atoms with Crippen LogP contribution in [0.5, 0.6) is 0 Å². The Hall–Kier alpha value is -3.76. The molecule has 0 saturated heterocycles. The lowest BCUT2D eigenvalue weighted by molar-refractivity contribution is -0.142. The minimum Gasteiger partial charge on any atom is -0.481 e. The molecule has 3 rings (SSSR count). The van der Waals surface area contributed by atoms with Crippen molar-refractivity contribution in [3.05, 3.63) is 70.8 Å². The molecule has 0 fully saturated rings. The lowest BCUT2D eigenvalue weighted by Gasteiger charge is -2.17. The summed E-state index contributed by atoms with van der Waals surface area (Å²) in [5.41, 5.74) is 1.74. The van der Waals surface area contributed by atoms with E-state index >= 15 is 0 Å². The Balaban J connectivity index is 1.58. The Morgan fingerprint density at radius 1 is 0.939 bits per heavy atom. The van der Waals surface area contributed by atoms with E-state index in [0.29, 0.717) is 29.5 Å². The van der Waals surface area contributed by atoms with Crippen LogP contribution in [0.3, 0.4) is 0 Å². The standard InChI is InChI=1S/C26H25NO6/c28-16-6-2-1-3-7-18-10-12-19(13-11-18)23(29)17-20(26(32)33)14-15-27-24(30)21-8-4-5-9-22(21)25(27)31/h4-5,8-13,20,28H,1-2,6,14-17H2,(H,32,33). The number of carboxylic acid groups (broad SMARTS) is 1. The SMILES string of the molecule is O=C(CC(CCN1C(=O)c2ccccc2C1=O)C(=O)O)c1ccc(C#CCCCCO)cc1. The highest BCUT2D eigenvalue weighted by molar-refractivity contribution is 6.21. The molecule has 1 atom stereocenters. The second-order valence-electron chi connectivity index (χ2n) is 7.82. The van der Waals surface area contributed by atoms with Crippen LogP contribution in [0.1, 0.15) is 68.7 Å². The summed E-state index contributed by atoms with van der Waals surface area (Å²) >= 11 is 0. The molecule has 2 aromatic carbocycles. The number of aliphatic carboxylic acids is 1. The lowest BCUT2D eigenvalue weighted by Crippen LogP contribution is -2.33. The first-order valence-electron chi connectivity index (χ1n) is 10.8. The van der Waals surface area contributed by atoms with Crippen LogP contribution in [-0.2, 0) is 4.79 Å². The summed E-state index contributed by atoms with van der Waals surface area (Å²) in [7, 11) is 0. The zero-order valence-corrected chi connectivity index (χ0v) is 18.1. The molecule has 1 unspecified atom stereocenters. The van der Waals surface area contributed by atoms with Crippen molar-refractivity contribution in [2.75, 3.05) is 13.2 Å². The van der Waals surface area contributed by atoms with Gasteiger partial charge in [0.15, 0.2) is 5.78 Å². The van der Waals surface area contributed by atoms with E-state index in [1.807, 2.05) is 0 Å². The molecule has 1 aliphatic heterocycles. The third kappa shape index (κ3) is 5.93. The number of amides is 2. The molecule has 2 N–H and O–H groups in total. The fourth-order valence-electron chi connectivity index (χ4n) is 3.61. The number of Topliss-reactive ketones (excluding diaryl/α,β-unsaturated/α-hetero) is 1. The monoisotopic (exact) mass is 447 g/mol. The minimum absolute atomic E-state index is 0.00998.